The Labute approximate surface area is 167 Å². The third-order valence-corrected chi connectivity index (χ3v) is 5.59. The average Bonchev–Trinajstić information content (AvgIpc) is 3.44. The van der Waals surface area contributed by atoms with Crippen LogP contribution in [0.5, 0.6) is 0 Å². The largest absolute Gasteiger partial charge is 0.467 e. The number of hydrogen-bond acceptors (Lipinski definition) is 5. The normalized spacial score (nSPS) is 10.9. The fourth-order valence-electron chi connectivity index (χ4n) is 2.92. The molecule has 1 amide bonds. The molecule has 4 rings (SSSR count). The lowest BCUT2D eigenvalue weighted by atomic mass is 10.1. The Balaban J connectivity index is 1.59. The summed E-state index contributed by atoms with van der Waals surface area (Å²) >= 11 is 1.64. The molecular formula is C22H20N2O3S. The molecule has 0 aliphatic heterocycles. The number of furan rings is 1. The van der Waals surface area contributed by atoms with Crippen LogP contribution in [0.1, 0.15) is 32.3 Å². The molecule has 0 bridgehead atoms. The molecule has 4 aromatic rings. The van der Waals surface area contributed by atoms with Crippen molar-refractivity contribution in [2.24, 2.45) is 0 Å². The first kappa shape index (κ1) is 18.3. The zero-order valence-corrected chi connectivity index (χ0v) is 16.5. The quantitative estimate of drug-likeness (QED) is 0.437. The van der Waals surface area contributed by atoms with Gasteiger partial charge < -0.3 is 13.8 Å². The summed E-state index contributed by atoms with van der Waals surface area (Å²) in [5, 5.41) is 6.06. The van der Waals surface area contributed by atoms with Crippen LogP contribution in [-0.4, -0.2) is 16.0 Å². The zero-order chi connectivity index (χ0) is 19.5. The van der Waals surface area contributed by atoms with E-state index in [9.17, 15) is 4.79 Å². The number of thiophene rings is 1. The van der Waals surface area contributed by atoms with E-state index in [1.807, 2.05) is 55.6 Å². The summed E-state index contributed by atoms with van der Waals surface area (Å²) in [6.45, 7) is 4.94. The Kier molecular flexibility index (Phi) is 5.12. The lowest BCUT2D eigenvalue weighted by Gasteiger charge is -2.20. The van der Waals surface area contributed by atoms with Crippen LogP contribution >= 0.6 is 11.3 Å². The van der Waals surface area contributed by atoms with Gasteiger partial charge in [0.2, 0.25) is 0 Å². The Morgan fingerprint density at radius 2 is 1.93 bits per heavy atom. The topological polar surface area (TPSA) is 59.5 Å². The first-order valence-electron chi connectivity index (χ1n) is 8.98. The Morgan fingerprint density at radius 1 is 1.11 bits per heavy atom. The van der Waals surface area contributed by atoms with E-state index in [1.165, 1.54) is 5.56 Å². The number of rotatable bonds is 6. The number of benzene rings is 1. The summed E-state index contributed by atoms with van der Waals surface area (Å²) in [4.78, 5) is 16.0. The van der Waals surface area contributed by atoms with Crippen LogP contribution in [0.4, 0.5) is 0 Å². The van der Waals surface area contributed by atoms with Crippen molar-refractivity contribution in [2.45, 2.75) is 26.9 Å². The van der Waals surface area contributed by atoms with Crippen molar-refractivity contribution in [1.29, 1.82) is 0 Å². The molecule has 5 nitrogen and oxygen atoms in total. The van der Waals surface area contributed by atoms with Crippen molar-refractivity contribution in [3.63, 3.8) is 0 Å². The second kappa shape index (κ2) is 7.86. The first-order chi connectivity index (χ1) is 13.6. The van der Waals surface area contributed by atoms with Gasteiger partial charge in [-0.1, -0.05) is 35.0 Å². The fourth-order valence-corrected chi connectivity index (χ4v) is 3.84. The van der Waals surface area contributed by atoms with Gasteiger partial charge in [0.15, 0.2) is 11.5 Å². The van der Waals surface area contributed by atoms with Crippen molar-refractivity contribution >= 4 is 17.2 Å². The molecule has 0 aliphatic rings. The van der Waals surface area contributed by atoms with E-state index < -0.39 is 0 Å². The van der Waals surface area contributed by atoms with Gasteiger partial charge in [0.25, 0.3) is 5.91 Å². The molecular weight excluding hydrogens is 372 g/mol. The molecule has 0 N–H and O–H groups in total. The van der Waals surface area contributed by atoms with Crippen molar-refractivity contribution in [2.75, 3.05) is 0 Å². The summed E-state index contributed by atoms with van der Waals surface area (Å²) in [6, 6.07) is 15.4. The molecule has 0 unspecified atom stereocenters. The molecule has 28 heavy (non-hydrogen) atoms. The van der Waals surface area contributed by atoms with E-state index in [0.29, 0.717) is 18.8 Å². The molecule has 3 heterocycles. The number of amides is 1. The predicted molar refractivity (Wildman–Crippen MR) is 108 cm³/mol. The molecule has 0 radical (unpaired) electrons. The third-order valence-electron chi connectivity index (χ3n) is 4.58. The van der Waals surface area contributed by atoms with Crippen molar-refractivity contribution < 1.29 is 13.7 Å². The Morgan fingerprint density at radius 3 is 2.61 bits per heavy atom. The van der Waals surface area contributed by atoms with Crippen molar-refractivity contribution in [3.8, 4) is 11.3 Å². The van der Waals surface area contributed by atoms with Crippen molar-refractivity contribution in [1.82, 2.24) is 10.1 Å². The number of aryl methyl sites for hydroxylation is 2. The molecule has 0 aliphatic carbocycles. The molecule has 3 aromatic heterocycles. The maximum Gasteiger partial charge on any atom is 0.276 e. The minimum Gasteiger partial charge on any atom is -0.467 e. The van der Waals surface area contributed by atoms with E-state index >= 15 is 0 Å². The summed E-state index contributed by atoms with van der Waals surface area (Å²) in [5.41, 5.74) is 3.51. The van der Waals surface area contributed by atoms with Crippen LogP contribution in [0.3, 0.4) is 0 Å². The maximum atomic E-state index is 13.2. The van der Waals surface area contributed by atoms with E-state index in [-0.39, 0.29) is 11.6 Å². The van der Waals surface area contributed by atoms with Crippen LogP contribution in [-0.2, 0) is 13.1 Å². The summed E-state index contributed by atoms with van der Waals surface area (Å²) < 4.78 is 10.9. The predicted octanol–water partition coefficient (Wildman–Crippen LogP) is 5.46. The number of aromatic nitrogens is 1. The maximum absolute atomic E-state index is 13.2. The molecule has 0 spiro atoms. The number of hydrogen-bond donors (Lipinski definition) is 0. The van der Waals surface area contributed by atoms with Gasteiger partial charge in [-0.15, -0.1) is 11.3 Å². The van der Waals surface area contributed by atoms with Gasteiger partial charge in [-0.2, -0.15) is 0 Å². The number of carbonyl (C=O) groups is 1. The van der Waals surface area contributed by atoms with Gasteiger partial charge in [0.1, 0.15) is 5.76 Å². The van der Waals surface area contributed by atoms with Crippen LogP contribution in [0, 0.1) is 13.8 Å². The van der Waals surface area contributed by atoms with Gasteiger partial charge in [-0.3, -0.25) is 4.79 Å². The smallest absolute Gasteiger partial charge is 0.276 e. The molecule has 0 saturated heterocycles. The standard InChI is InChI=1S/C22H20N2O3S/c1-15-5-7-17(8-6-15)20-12-19(23-27-20)22(25)24(13-18-4-3-10-26-18)14-21-16(2)9-11-28-21/h3-12H,13-14H2,1-2H3. The summed E-state index contributed by atoms with van der Waals surface area (Å²) in [5.74, 6) is 1.12. The molecule has 0 atom stereocenters. The van der Waals surface area contributed by atoms with Crippen LogP contribution < -0.4 is 0 Å². The average molecular weight is 392 g/mol. The van der Waals surface area contributed by atoms with Crippen LogP contribution in [0.2, 0.25) is 0 Å². The highest BCUT2D eigenvalue weighted by Crippen LogP contribution is 2.24. The molecule has 0 saturated carbocycles. The Bertz CT molecular complexity index is 1060. The van der Waals surface area contributed by atoms with E-state index in [0.717, 1.165) is 21.8 Å². The van der Waals surface area contributed by atoms with E-state index in [2.05, 4.69) is 11.2 Å². The van der Waals surface area contributed by atoms with E-state index in [1.54, 1.807) is 28.6 Å². The summed E-state index contributed by atoms with van der Waals surface area (Å²) in [7, 11) is 0. The fraction of sp³-hybridized carbons (Fsp3) is 0.182. The highest BCUT2D eigenvalue weighted by atomic mass is 32.1. The highest BCUT2D eigenvalue weighted by molar-refractivity contribution is 7.10. The first-order valence-corrected chi connectivity index (χ1v) is 9.86. The lowest BCUT2D eigenvalue weighted by molar-refractivity contribution is 0.0709. The van der Waals surface area contributed by atoms with Gasteiger partial charge in [0, 0.05) is 16.5 Å². The minimum absolute atomic E-state index is 0.189. The second-order valence-corrected chi connectivity index (χ2v) is 7.71. The third kappa shape index (κ3) is 3.92. The van der Waals surface area contributed by atoms with Gasteiger partial charge >= 0.3 is 0 Å². The zero-order valence-electron chi connectivity index (χ0n) is 15.7. The van der Waals surface area contributed by atoms with Gasteiger partial charge in [-0.05, 0) is 43.0 Å². The van der Waals surface area contributed by atoms with Crippen LogP contribution in [0.15, 0.2) is 69.1 Å². The second-order valence-electron chi connectivity index (χ2n) is 6.71. The number of nitrogens with zero attached hydrogens (tertiary/aromatic N) is 2. The van der Waals surface area contributed by atoms with Crippen molar-refractivity contribution in [3.05, 3.63) is 87.6 Å². The SMILES string of the molecule is Cc1ccc(-c2cc(C(=O)N(Cc3ccco3)Cc3sccc3C)no2)cc1. The Hall–Kier alpha value is -3.12. The number of carbonyl (C=O) groups excluding carboxylic acids is 1. The highest BCUT2D eigenvalue weighted by Gasteiger charge is 2.23. The molecule has 1 aromatic carbocycles. The monoisotopic (exact) mass is 392 g/mol. The van der Waals surface area contributed by atoms with Gasteiger partial charge in [0.05, 0.1) is 19.4 Å². The van der Waals surface area contributed by atoms with Gasteiger partial charge in [-0.25, -0.2) is 0 Å². The minimum atomic E-state index is -0.189. The van der Waals surface area contributed by atoms with E-state index in [4.69, 9.17) is 8.94 Å². The van der Waals surface area contributed by atoms with Crippen LogP contribution in [0.25, 0.3) is 11.3 Å². The lowest BCUT2D eigenvalue weighted by Crippen LogP contribution is -2.30. The molecule has 0 fully saturated rings. The molecule has 6 heteroatoms. The summed E-state index contributed by atoms with van der Waals surface area (Å²) in [6.07, 6.45) is 1.61. The molecule has 142 valence electrons.